The minimum atomic E-state index is -0.110. The smallest absolute Gasteiger partial charge is 0.254 e. The number of piperidine rings is 1. The fourth-order valence-corrected chi connectivity index (χ4v) is 5.66. The lowest BCUT2D eigenvalue weighted by Crippen LogP contribution is -2.48. The molecule has 9 nitrogen and oxygen atoms in total. The standard InChI is InChI=1S/C31H36N6O3/c1-21(9-12-33-31(38)30-22(2)34-19-35-23(30)3)36-13-10-26(11-14-36)37(18-25-6-4-5-24(15-25)17-32)27-7-8-28-29(16-27)40-20-39-28/h4-8,15-16,19,21,26H,9-14,18,20H2,1-3H3,(H,33,38). The normalized spacial score (nSPS) is 15.8. The fraction of sp³-hybridized carbons (Fsp3) is 0.419. The number of fused-ring (bicyclic) bond motifs is 1. The molecule has 3 heterocycles. The minimum Gasteiger partial charge on any atom is -0.454 e. The van der Waals surface area contributed by atoms with Crippen LogP contribution < -0.4 is 19.7 Å². The second-order valence-electron chi connectivity index (χ2n) is 10.6. The highest BCUT2D eigenvalue weighted by Crippen LogP contribution is 2.37. The van der Waals surface area contributed by atoms with Gasteiger partial charge in [0.1, 0.15) is 6.33 Å². The molecule has 2 aliphatic heterocycles. The van der Waals surface area contributed by atoms with Crippen LogP contribution in [0.1, 0.15) is 59.1 Å². The predicted molar refractivity (Wildman–Crippen MR) is 152 cm³/mol. The van der Waals surface area contributed by atoms with Crippen LogP contribution in [0.4, 0.5) is 5.69 Å². The number of anilines is 1. The molecule has 9 heteroatoms. The predicted octanol–water partition coefficient (Wildman–Crippen LogP) is 4.37. The summed E-state index contributed by atoms with van der Waals surface area (Å²) in [6.45, 7) is 9.42. The van der Waals surface area contributed by atoms with Gasteiger partial charge in [0.05, 0.1) is 28.6 Å². The van der Waals surface area contributed by atoms with E-state index in [1.54, 1.807) is 0 Å². The number of nitrogens with one attached hydrogen (secondary N) is 1. The second kappa shape index (κ2) is 12.3. The molecule has 0 bridgehead atoms. The molecular formula is C31H36N6O3. The van der Waals surface area contributed by atoms with Crippen molar-refractivity contribution in [2.24, 2.45) is 0 Å². The Bertz CT molecular complexity index is 1380. The molecule has 1 N–H and O–H groups in total. The lowest BCUT2D eigenvalue weighted by molar-refractivity contribution is 0.0943. The highest BCUT2D eigenvalue weighted by molar-refractivity contribution is 5.96. The van der Waals surface area contributed by atoms with Gasteiger partial charge < -0.3 is 24.6 Å². The fourth-order valence-electron chi connectivity index (χ4n) is 5.66. The van der Waals surface area contributed by atoms with Gasteiger partial charge >= 0.3 is 0 Å². The number of aromatic nitrogens is 2. The highest BCUT2D eigenvalue weighted by atomic mass is 16.7. The zero-order valence-electron chi connectivity index (χ0n) is 23.4. The van der Waals surface area contributed by atoms with Gasteiger partial charge in [0.15, 0.2) is 11.5 Å². The molecule has 40 heavy (non-hydrogen) atoms. The van der Waals surface area contributed by atoms with Crippen molar-refractivity contribution in [1.82, 2.24) is 20.2 Å². The molecule has 0 saturated carbocycles. The third-order valence-electron chi connectivity index (χ3n) is 7.96. The van der Waals surface area contributed by atoms with Gasteiger partial charge in [0, 0.05) is 50.0 Å². The number of benzene rings is 2. The molecular weight excluding hydrogens is 504 g/mol. The Morgan fingerprint density at radius 3 is 2.62 bits per heavy atom. The van der Waals surface area contributed by atoms with Crippen molar-refractivity contribution in [2.45, 2.75) is 58.7 Å². The van der Waals surface area contributed by atoms with Crippen molar-refractivity contribution in [3.63, 3.8) is 0 Å². The minimum absolute atomic E-state index is 0.110. The zero-order chi connectivity index (χ0) is 28.1. The number of rotatable bonds is 9. The first-order chi connectivity index (χ1) is 19.4. The number of carbonyl (C=O) groups is 1. The summed E-state index contributed by atoms with van der Waals surface area (Å²) < 4.78 is 11.2. The van der Waals surface area contributed by atoms with E-state index in [1.165, 1.54) is 6.33 Å². The Balaban J connectivity index is 1.20. The molecule has 0 aliphatic carbocycles. The number of aryl methyl sites for hydroxylation is 2. The van der Waals surface area contributed by atoms with Crippen LogP contribution in [0.15, 0.2) is 48.8 Å². The van der Waals surface area contributed by atoms with Gasteiger partial charge in [-0.2, -0.15) is 5.26 Å². The van der Waals surface area contributed by atoms with E-state index in [2.05, 4.69) is 56.3 Å². The molecule has 1 fully saturated rings. The van der Waals surface area contributed by atoms with Gasteiger partial charge in [-0.1, -0.05) is 12.1 Å². The van der Waals surface area contributed by atoms with Gasteiger partial charge in [-0.15, -0.1) is 0 Å². The topological polar surface area (TPSA) is 104 Å². The molecule has 1 unspecified atom stereocenters. The summed E-state index contributed by atoms with van der Waals surface area (Å²) in [5.41, 5.74) is 4.84. The number of amides is 1. The third kappa shape index (κ3) is 6.18. The van der Waals surface area contributed by atoms with Crippen LogP contribution in [0.3, 0.4) is 0 Å². The maximum absolute atomic E-state index is 12.7. The first-order valence-corrected chi connectivity index (χ1v) is 13.9. The molecule has 0 radical (unpaired) electrons. The average molecular weight is 541 g/mol. The monoisotopic (exact) mass is 540 g/mol. The van der Waals surface area contributed by atoms with Gasteiger partial charge in [-0.05, 0) is 69.9 Å². The molecule has 1 atom stereocenters. The SMILES string of the molecule is Cc1ncnc(C)c1C(=O)NCCC(C)N1CCC(N(Cc2cccc(C#N)c2)c2ccc3c(c2)OCO3)CC1. The Labute approximate surface area is 235 Å². The summed E-state index contributed by atoms with van der Waals surface area (Å²) in [5.74, 6) is 1.44. The number of likely N-dealkylation sites (tertiary alicyclic amines) is 1. The van der Waals surface area contributed by atoms with E-state index in [1.807, 2.05) is 38.1 Å². The number of hydrogen-bond acceptors (Lipinski definition) is 8. The van der Waals surface area contributed by atoms with Crippen molar-refractivity contribution < 1.29 is 14.3 Å². The van der Waals surface area contributed by atoms with Crippen molar-refractivity contribution in [3.8, 4) is 17.6 Å². The van der Waals surface area contributed by atoms with Crippen LogP contribution >= 0.6 is 0 Å². The summed E-state index contributed by atoms with van der Waals surface area (Å²) in [6, 6.07) is 16.9. The van der Waals surface area contributed by atoms with Crippen LogP contribution in [0.25, 0.3) is 0 Å². The zero-order valence-corrected chi connectivity index (χ0v) is 23.4. The average Bonchev–Trinajstić information content (AvgIpc) is 3.44. The Kier molecular flexibility index (Phi) is 8.46. The lowest BCUT2D eigenvalue weighted by atomic mass is 9.99. The van der Waals surface area contributed by atoms with E-state index in [0.29, 0.717) is 47.7 Å². The van der Waals surface area contributed by atoms with E-state index in [-0.39, 0.29) is 12.7 Å². The molecule has 3 aromatic rings. The molecule has 2 aromatic carbocycles. The lowest BCUT2D eigenvalue weighted by Gasteiger charge is -2.42. The molecule has 2 aliphatic rings. The van der Waals surface area contributed by atoms with Crippen LogP contribution in [0.2, 0.25) is 0 Å². The first-order valence-electron chi connectivity index (χ1n) is 13.9. The summed E-state index contributed by atoms with van der Waals surface area (Å²) in [6.07, 6.45) is 4.39. The summed E-state index contributed by atoms with van der Waals surface area (Å²) in [7, 11) is 0. The largest absolute Gasteiger partial charge is 0.454 e. The first kappa shape index (κ1) is 27.4. The number of hydrogen-bond donors (Lipinski definition) is 1. The molecule has 0 spiro atoms. The molecule has 1 amide bonds. The van der Waals surface area contributed by atoms with Gasteiger partial charge in [-0.3, -0.25) is 4.79 Å². The van der Waals surface area contributed by atoms with Crippen molar-refractivity contribution in [2.75, 3.05) is 31.3 Å². The van der Waals surface area contributed by atoms with Crippen LogP contribution in [-0.2, 0) is 6.54 Å². The van der Waals surface area contributed by atoms with Crippen LogP contribution in [0, 0.1) is 25.2 Å². The van der Waals surface area contributed by atoms with E-state index >= 15 is 0 Å². The van der Waals surface area contributed by atoms with Crippen LogP contribution in [-0.4, -0.2) is 59.3 Å². The number of nitriles is 1. The maximum atomic E-state index is 12.7. The summed E-state index contributed by atoms with van der Waals surface area (Å²) >= 11 is 0. The highest BCUT2D eigenvalue weighted by Gasteiger charge is 2.28. The Hall–Kier alpha value is -4.16. The second-order valence-corrected chi connectivity index (χ2v) is 10.6. The van der Waals surface area contributed by atoms with E-state index < -0.39 is 0 Å². The Morgan fingerprint density at radius 1 is 1.12 bits per heavy atom. The van der Waals surface area contributed by atoms with Crippen LogP contribution in [0.5, 0.6) is 11.5 Å². The number of ether oxygens (including phenoxy) is 2. The van der Waals surface area contributed by atoms with E-state index in [4.69, 9.17) is 9.47 Å². The molecule has 208 valence electrons. The number of carbonyl (C=O) groups excluding carboxylic acids is 1. The van der Waals surface area contributed by atoms with Crippen molar-refractivity contribution >= 4 is 11.6 Å². The maximum Gasteiger partial charge on any atom is 0.254 e. The van der Waals surface area contributed by atoms with Gasteiger partial charge in [0.2, 0.25) is 6.79 Å². The summed E-state index contributed by atoms with van der Waals surface area (Å²) in [4.78, 5) is 26.0. The molecule has 1 aromatic heterocycles. The van der Waals surface area contributed by atoms with Crippen molar-refractivity contribution in [3.05, 3.63) is 76.9 Å². The Morgan fingerprint density at radius 2 is 1.88 bits per heavy atom. The third-order valence-corrected chi connectivity index (χ3v) is 7.96. The molecule has 5 rings (SSSR count). The summed E-state index contributed by atoms with van der Waals surface area (Å²) in [5, 5.41) is 12.5. The van der Waals surface area contributed by atoms with Gasteiger partial charge in [-0.25, -0.2) is 9.97 Å². The van der Waals surface area contributed by atoms with E-state index in [9.17, 15) is 10.1 Å². The van der Waals surface area contributed by atoms with E-state index in [0.717, 1.165) is 55.1 Å². The van der Waals surface area contributed by atoms with Gasteiger partial charge in [0.25, 0.3) is 5.91 Å². The quantitative estimate of drug-likeness (QED) is 0.427. The van der Waals surface area contributed by atoms with Crippen molar-refractivity contribution in [1.29, 1.82) is 5.26 Å². The number of nitrogens with zero attached hydrogens (tertiary/aromatic N) is 5. The molecule has 1 saturated heterocycles.